The number of hydrazone groups is 1. The summed E-state index contributed by atoms with van der Waals surface area (Å²) >= 11 is -1.27. The lowest BCUT2D eigenvalue weighted by atomic mass is 11.5. The van der Waals surface area contributed by atoms with Gasteiger partial charge in [0.2, 0.25) is 0 Å². The lowest BCUT2D eigenvalue weighted by Gasteiger charge is -1.50. The van der Waals surface area contributed by atoms with Gasteiger partial charge in [0.1, 0.15) is 0 Å². The molecule has 0 aromatic heterocycles. The van der Waals surface area contributed by atoms with Crippen molar-refractivity contribution in [3.8, 4) is 0 Å². The second kappa shape index (κ2) is 0.939. The Morgan fingerprint density at radius 3 is 2.50 bits per heavy atom. The molecule has 0 aromatic carbocycles. The van der Waals surface area contributed by atoms with Crippen molar-refractivity contribution >= 4 is 16.3 Å². The van der Waals surface area contributed by atoms with Crippen LogP contribution in [0.3, 0.4) is 0 Å². The molecule has 6 heavy (non-hydrogen) atoms. The highest BCUT2D eigenvalue weighted by atomic mass is 32.2. The van der Waals surface area contributed by atoms with Crippen molar-refractivity contribution in [2.45, 2.75) is 0 Å². The number of nitrogens with zero attached hydrogens (tertiary/aromatic N) is 1. The first kappa shape index (κ1) is 3.60. The molecule has 1 unspecified atom stereocenters. The number of rotatable bonds is 0. The van der Waals surface area contributed by atoms with Crippen LogP contribution in [-0.4, -0.2) is 9.44 Å². The molecule has 0 bridgehead atoms. The summed E-state index contributed by atoms with van der Waals surface area (Å²) in [6.07, 6.45) is 0. The Kier molecular flexibility index (Phi) is 0.564. The molecule has 2 N–H and O–H groups in total. The summed E-state index contributed by atoms with van der Waals surface area (Å²) in [6.45, 7) is 0. The fraction of sp³-hybridized carbons (Fsp3) is 0. The largest absolute Gasteiger partial charge is 0.359 e. The molecule has 1 heterocycles. The fourth-order valence-corrected chi connectivity index (χ4v) is 0.420. The first-order valence-electron chi connectivity index (χ1n) is 1.22. The van der Waals surface area contributed by atoms with Gasteiger partial charge in [0.05, 0.1) is 0 Å². The van der Waals surface area contributed by atoms with Crippen LogP contribution in [-0.2, 0) is 15.3 Å². The Balaban J connectivity index is 2.67. The van der Waals surface area contributed by atoms with E-state index in [0.29, 0.717) is 0 Å². The maximum Gasteiger partial charge on any atom is 0.353 e. The SMILES string of the molecule is NN=C1OS1=O. The smallest absolute Gasteiger partial charge is 0.353 e. The zero-order valence-corrected chi connectivity index (χ0v) is 3.57. The first-order chi connectivity index (χ1) is 2.84. The van der Waals surface area contributed by atoms with Crippen LogP contribution in [0, 0.1) is 0 Å². The summed E-state index contributed by atoms with van der Waals surface area (Å²) in [5.41, 5.74) is 0. The van der Waals surface area contributed by atoms with Gasteiger partial charge in [0, 0.05) is 0 Å². The lowest BCUT2D eigenvalue weighted by Crippen LogP contribution is -1.79. The van der Waals surface area contributed by atoms with Crippen LogP contribution in [0.4, 0.5) is 0 Å². The van der Waals surface area contributed by atoms with E-state index in [1.807, 2.05) is 0 Å². The van der Waals surface area contributed by atoms with Crippen LogP contribution < -0.4 is 5.84 Å². The number of hydrogen-bond donors (Lipinski definition) is 1. The third kappa shape index (κ3) is 0.364. The van der Waals surface area contributed by atoms with Gasteiger partial charge in [0.25, 0.3) is 0 Å². The van der Waals surface area contributed by atoms with Gasteiger partial charge >= 0.3 is 16.3 Å². The second-order valence-corrected chi connectivity index (χ2v) is 1.70. The molecule has 34 valence electrons. The monoisotopic (exact) mass is 106 g/mol. The van der Waals surface area contributed by atoms with Crippen LogP contribution in [0.2, 0.25) is 0 Å². The number of nitrogens with two attached hydrogens (primary N) is 1. The second-order valence-electron chi connectivity index (χ2n) is 0.713. The summed E-state index contributed by atoms with van der Waals surface area (Å²) in [6, 6.07) is 0. The van der Waals surface area contributed by atoms with E-state index < -0.39 is 11.1 Å². The summed E-state index contributed by atoms with van der Waals surface area (Å²) in [7, 11) is 0. The van der Waals surface area contributed by atoms with Gasteiger partial charge in [-0.15, -0.1) is 5.10 Å². The molecule has 0 aromatic rings. The van der Waals surface area contributed by atoms with E-state index in [4.69, 9.17) is 0 Å². The molecule has 1 saturated heterocycles. The van der Waals surface area contributed by atoms with Crippen molar-refractivity contribution in [3.63, 3.8) is 0 Å². The van der Waals surface area contributed by atoms with E-state index in [9.17, 15) is 4.21 Å². The minimum absolute atomic E-state index is 0.134. The third-order valence-corrected chi connectivity index (χ3v) is 1.00. The van der Waals surface area contributed by atoms with Gasteiger partial charge in [-0.1, -0.05) is 0 Å². The molecule has 4 nitrogen and oxygen atoms in total. The van der Waals surface area contributed by atoms with Crippen LogP contribution in [0.25, 0.3) is 0 Å². The van der Waals surface area contributed by atoms with E-state index in [1.54, 1.807) is 0 Å². The molecule has 1 aliphatic rings. The highest BCUT2D eigenvalue weighted by Crippen LogP contribution is 2.07. The molecule has 1 atom stereocenters. The Morgan fingerprint density at radius 2 is 2.50 bits per heavy atom. The van der Waals surface area contributed by atoms with Gasteiger partial charge < -0.3 is 10.0 Å². The Bertz CT molecular complexity index is 119. The highest BCUT2D eigenvalue weighted by molar-refractivity contribution is 8.04. The maximum absolute atomic E-state index is 9.80. The van der Waals surface area contributed by atoms with Crippen LogP contribution in [0.1, 0.15) is 0 Å². The molecule has 0 saturated carbocycles. The minimum atomic E-state index is -1.27. The van der Waals surface area contributed by atoms with Crippen LogP contribution in [0.5, 0.6) is 0 Å². The minimum Gasteiger partial charge on any atom is -0.359 e. The Labute approximate surface area is 36.6 Å². The zero-order chi connectivity index (χ0) is 4.57. The maximum atomic E-state index is 9.80. The van der Waals surface area contributed by atoms with Crippen molar-refractivity contribution in [2.24, 2.45) is 10.9 Å². The van der Waals surface area contributed by atoms with Crippen LogP contribution >= 0.6 is 0 Å². The van der Waals surface area contributed by atoms with Gasteiger partial charge in [-0.3, -0.25) is 0 Å². The van der Waals surface area contributed by atoms with Gasteiger partial charge in [0.15, 0.2) is 0 Å². The molecule has 1 rings (SSSR count). The standard InChI is InChI=1S/CH2N2O2S/c2-3-1-5-6(1)4/h2H2. The van der Waals surface area contributed by atoms with Crippen LogP contribution in [0.15, 0.2) is 5.10 Å². The summed E-state index contributed by atoms with van der Waals surface area (Å²) in [5, 5.41) is 3.11. The van der Waals surface area contributed by atoms with Crippen molar-refractivity contribution in [3.05, 3.63) is 0 Å². The van der Waals surface area contributed by atoms with E-state index in [1.165, 1.54) is 0 Å². The molecule has 0 radical (unpaired) electrons. The predicted octanol–water partition coefficient (Wildman–Crippen LogP) is -1.09. The molecular weight excluding hydrogens is 104 g/mol. The van der Waals surface area contributed by atoms with Crippen molar-refractivity contribution in [2.75, 3.05) is 0 Å². The molecule has 0 spiro atoms. The predicted molar refractivity (Wildman–Crippen MR) is 20.8 cm³/mol. The molecule has 0 amide bonds. The van der Waals surface area contributed by atoms with Gasteiger partial charge in [-0.05, 0) is 0 Å². The normalized spacial score (nSPS) is 36.0. The molecular formula is CH2N2O2S. The Hall–Kier alpha value is -0.580. The average Bonchev–Trinajstić information content (AvgIpc) is 2.19. The molecule has 1 fully saturated rings. The van der Waals surface area contributed by atoms with E-state index >= 15 is 0 Å². The molecule has 1 aliphatic heterocycles. The van der Waals surface area contributed by atoms with Crippen molar-refractivity contribution in [1.29, 1.82) is 0 Å². The van der Waals surface area contributed by atoms with Gasteiger partial charge in [-0.2, -0.15) is 0 Å². The summed E-state index contributed by atoms with van der Waals surface area (Å²) in [5.74, 6) is 4.59. The fourth-order valence-electron chi connectivity index (χ4n) is 0.112. The topological polar surface area (TPSA) is 68.0 Å². The van der Waals surface area contributed by atoms with E-state index in [2.05, 4.69) is 15.1 Å². The zero-order valence-electron chi connectivity index (χ0n) is 2.75. The quantitative estimate of drug-likeness (QED) is 0.242. The Morgan fingerprint density at radius 1 is 2.00 bits per heavy atom. The van der Waals surface area contributed by atoms with Crippen molar-refractivity contribution < 1.29 is 8.39 Å². The van der Waals surface area contributed by atoms with Crippen molar-refractivity contribution in [1.82, 2.24) is 0 Å². The van der Waals surface area contributed by atoms with E-state index in [-0.39, 0.29) is 5.23 Å². The first-order valence-corrected chi connectivity index (χ1v) is 2.30. The summed E-state index contributed by atoms with van der Waals surface area (Å²) in [4.78, 5) is 0. The van der Waals surface area contributed by atoms with E-state index in [0.717, 1.165) is 0 Å². The number of hydrogen-bond acceptors (Lipinski definition) is 4. The lowest BCUT2D eigenvalue weighted by molar-refractivity contribution is 0.639. The van der Waals surface area contributed by atoms with Gasteiger partial charge in [-0.25, -0.2) is 4.21 Å². The molecule has 5 heteroatoms. The average molecular weight is 106 g/mol. The third-order valence-electron chi connectivity index (χ3n) is 0.369. The molecule has 0 aliphatic carbocycles. The summed E-state index contributed by atoms with van der Waals surface area (Å²) < 4.78 is 14.0. The highest BCUT2D eigenvalue weighted by Gasteiger charge is 2.30.